The monoisotopic (exact) mass is 1750 g/mol. The number of aromatic amines is 3. The maximum absolute atomic E-state index is 14.4. The van der Waals surface area contributed by atoms with Crippen LogP contribution in [0.4, 0.5) is 31.0 Å². The van der Waals surface area contributed by atoms with Gasteiger partial charge in [-0.3, -0.25) is 57.3 Å². The van der Waals surface area contributed by atoms with Crippen molar-refractivity contribution in [1.82, 2.24) is 43.6 Å². The van der Waals surface area contributed by atoms with Gasteiger partial charge in [0, 0.05) is 18.6 Å². The van der Waals surface area contributed by atoms with Crippen LogP contribution < -0.4 is 47.5 Å². The van der Waals surface area contributed by atoms with Crippen LogP contribution in [0.15, 0.2) is 142 Å². The number of para-hydroxylation sites is 3. The number of esters is 3. The number of nitrogens with two attached hydrogens (primary N) is 3. The molecule has 3 fully saturated rings. The van der Waals surface area contributed by atoms with Crippen molar-refractivity contribution in [3.8, 4) is 17.2 Å². The second kappa shape index (κ2) is 38.5. The van der Waals surface area contributed by atoms with Crippen molar-refractivity contribution in [2.24, 2.45) is 17.8 Å². The number of nitrogen functional groups attached to an aromatic ring is 3. The van der Waals surface area contributed by atoms with Gasteiger partial charge in [-0.2, -0.15) is 15.0 Å². The summed E-state index contributed by atoms with van der Waals surface area (Å²) in [6.45, 7) is -0.580. The maximum Gasteiger partial charge on any atom is 0.380 e. The summed E-state index contributed by atoms with van der Waals surface area (Å²) >= 11 is 0. The number of aliphatic hydroxyl groups is 6. The third kappa shape index (κ3) is 21.2. The standard InChI is InChI=1S/3C25H32FN4O9P/c3*1-14(2)37-22(33)15(3)12-40(35,39-16-7-5-4-6-8-16)36-11-18-19(31)25(34,13-26)23(38-18)30-10-9-17-20(30)28-24(27)29-21(17)32/h3*4-10,14-15,18-19,23,31,34H,11-13H2,1-3H3,(H3,27,28,29,32)/t15-,18-,19+,23-,25?,40?;15-,18-,19+,23-,25?,40+;15-,18-,19+,23-,25?,40-/m111/s1/i3*11D2. The van der Waals surface area contributed by atoms with Crippen molar-refractivity contribution in [2.75, 3.05) is 75.4 Å². The first kappa shape index (κ1) is 83.8. The maximum atomic E-state index is 14.4. The van der Waals surface area contributed by atoms with E-state index in [0.717, 1.165) is 13.7 Å². The molecule has 9 heterocycles. The number of nitrogens with zero attached hydrogens (tertiary/aromatic N) is 6. The zero-order chi connectivity index (χ0) is 93.1. The fourth-order valence-corrected chi connectivity index (χ4v) is 17.6. The van der Waals surface area contributed by atoms with Crippen LogP contribution in [0.1, 0.15) is 89.2 Å². The number of aromatic nitrogens is 9. The zero-order valence-electron chi connectivity index (χ0n) is 71.7. The number of fused-ring (bicyclic) bond motifs is 3. The molecule has 120 heavy (non-hydrogen) atoms. The van der Waals surface area contributed by atoms with Gasteiger partial charge >= 0.3 is 40.7 Å². The minimum Gasteiger partial charge on any atom is -0.463 e. The molecule has 6 aromatic heterocycles. The van der Waals surface area contributed by atoms with E-state index in [4.69, 9.17) is 81.0 Å². The Morgan fingerprint density at radius 2 is 0.683 bits per heavy atom. The molecule has 45 heteroatoms. The minimum atomic E-state index is -4.60. The summed E-state index contributed by atoms with van der Waals surface area (Å²) in [5.74, 6) is -6.27. The normalized spacial score (nSPS) is 26.2. The van der Waals surface area contributed by atoms with Crippen molar-refractivity contribution in [2.45, 2.75) is 153 Å². The Morgan fingerprint density at radius 3 is 0.900 bits per heavy atom. The molecule has 15 N–H and O–H groups in total. The van der Waals surface area contributed by atoms with Crippen LogP contribution in [0.3, 0.4) is 0 Å². The first-order valence-corrected chi connectivity index (χ1v) is 42.2. The van der Waals surface area contributed by atoms with E-state index in [9.17, 15) is 86.3 Å². The molecule has 4 unspecified atom stereocenters. The summed E-state index contributed by atoms with van der Waals surface area (Å²) in [5.41, 5.74) is 6.23. The number of carbonyl (C=O) groups is 3. The Labute approximate surface area is 690 Å². The summed E-state index contributed by atoms with van der Waals surface area (Å²) in [4.78, 5) is 93.1. The third-order valence-corrected chi connectivity index (χ3v) is 24.0. The van der Waals surface area contributed by atoms with Crippen molar-refractivity contribution in [1.29, 1.82) is 0 Å². The van der Waals surface area contributed by atoms with Gasteiger partial charge in [0.05, 0.1) is 98.6 Å². The number of aliphatic hydroxyl groups excluding tert-OH is 3. The number of benzene rings is 3. The molecular weight excluding hydrogens is 1650 g/mol. The first-order chi connectivity index (χ1) is 58.8. The van der Waals surface area contributed by atoms with Crippen LogP contribution in [0.2, 0.25) is 0 Å². The Kier molecular flexibility index (Phi) is 26.9. The van der Waals surface area contributed by atoms with Gasteiger partial charge in [-0.25, -0.2) is 26.9 Å². The topological polar surface area (TPSA) is 565 Å². The van der Waals surface area contributed by atoms with Crippen LogP contribution in [0.5, 0.6) is 17.2 Å². The number of carbonyl (C=O) groups excluding carboxylic acids is 3. The van der Waals surface area contributed by atoms with Crippen LogP contribution in [-0.4, -0.2) is 222 Å². The molecular formula is C75H96F3N12O27P3. The highest BCUT2D eigenvalue weighted by molar-refractivity contribution is 7.55. The first-order valence-electron chi connectivity index (χ1n) is 40.0. The smallest absolute Gasteiger partial charge is 0.380 e. The SMILES string of the molecule is [2H]C([2H])(OP(=O)(C[C@@H](C)C(=O)OC(C)C)Oc1ccccc1)[C@H]1O[C@@H](n2ccc3c(=O)[nH]c(N)nc32)C(O)(CF)[C@H]1O.[2H]C([2H])(O[P@@](=O)(C[C@@H](C)C(=O)OC(C)C)Oc1ccccc1)[C@H]1O[C@@H](n2ccc3c(=O)[nH]c(N)nc32)C(O)(CF)[C@H]1O.[2H]C([2H])(O[P@](=O)(C[C@@H](C)C(=O)OC(C)C)Oc1ccccc1)[C@H]1O[C@@H](n2ccc3c(=O)[nH]c(N)nc32)C(O)(CF)[C@H]1O. The number of rotatable bonds is 33. The van der Waals surface area contributed by atoms with Gasteiger partial charge in [0.1, 0.15) is 73.9 Å². The van der Waals surface area contributed by atoms with Gasteiger partial charge in [0.15, 0.2) is 52.4 Å². The number of hydrogen-bond acceptors (Lipinski definition) is 33. The van der Waals surface area contributed by atoms with Crippen LogP contribution in [0, 0.1) is 17.8 Å². The van der Waals surface area contributed by atoms with E-state index in [-0.39, 0.29) is 68.2 Å². The van der Waals surface area contributed by atoms with Crippen LogP contribution >= 0.6 is 22.8 Å². The van der Waals surface area contributed by atoms with Crippen molar-refractivity contribution < 1.29 is 136 Å². The Bertz CT molecular complexity index is 5160. The largest absolute Gasteiger partial charge is 0.463 e. The van der Waals surface area contributed by atoms with Gasteiger partial charge in [-0.1, -0.05) is 75.4 Å². The average molecular weight is 1750 g/mol. The summed E-state index contributed by atoms with van der Waals surface area (Å²) < 4.78 is 205. The van der Waals surface area contributed by atoms with Gasteiger partial charge in [-0.05, 0) is 96.1 Å². The van der Waals surface area contributed by atoms with Gasteiger partial charge in [-0.15, -0.1) is 0 Å². The summed E-state index contributed by atoms with van der Waals surface area (Å²) in [5, 5.41) is 66.4. The van der Waals surface area contributed by atoms with Crippen molar-refractivity contribution >= 4 is 91.6 Å². The van der Waals surface area contributed by atoms with Gasteiger partial charge in [0.2, 0.25) is 17.8 Å². The van der Waals surface area contributed by atoms with Crippen molar-refractivity contribution in [3.05, 3.63) is 159 Å². The summed E-state index contributed by atoms with van der Waals surface area (Å²) in [7, 11) is -13.8. The molecule has 3 aliphatic rings. The number of anilines is 3. The van der Waals surface area contributed by atoms with E-state index < -0.39 is 224 Å². The average Bonchev–Trinajstić information content (AvgIpc) is 1.58. The van der Waals surface area contributed by atoms with Crippen LogP contribution in [0.25, 0.3) is 33.1 Å². The fourth-order valence-electron chi connectivity index (χ4n) is 12.5. The van der Waals surface area contributed by atoms with Gasteiger partial charge < -0.3 is 104 Å². The number of ether oxygens (including phenoxy) is 6. The lowest BCUT2D eigenvalue weighted by Gasteiger charge is -2.29. The van der Waals surface area contributed by atoms with E-state index in [0.29, 0.717) is 0 Å². The molecule has 0 spiro atoms. The number of hydrogen-bond donors (Lipinski definition) is 12. The highest BCUT2D eigenvalue weighted by Gasteiger charge is 2.60. The number of nitrogens with one attached hydrogen (secondary N) is 3. The number of alkyl halides is 3. The van der Waals surface area contributed by atoms with Crippen molar-refractivity contribution in [3.63, 3.8) is 0 Å². The number of halogens is 3. The quantitative estimate of drug-likeness (QED) is 0.0120. The lowest BCUT2D eigenvalue weighted by molar-refractivity contribution is -0.152. The van der Waals surface area contributed by atoms with Crippen LogP contribution in [-0.2, 0) is 70.1 Å². The zero-order valence-corrected chi connectivity index (χ0v) is 68.4. The predicted octanol–water partition coefficient (Wildman–Crippen LogP) is 6.43. The molecule has 654 valence electrons. The molecule has 0 amide bonds. The Morgan fingerprint density at radius 1 is 0.450 bits per heavy atom. The van der Waals surface area contributed by atoms with E-state index >= 15 is 0 Å². The molecule has 3 saturated heterocycles. The highest BCUT2D eigenvalue weighted by atomic mass is 31.2. The molecule has 0 aliphatic carbocycles. The molecule has 3 aromatic carbocycles. The van der Waals surface area contributed by atoms with Gasteiger partial charge in [0.25, 0.3) is 16.7 Å². The molecule has 39 nitrogen and oxygen atoms in total. The molecule has 0 saturated carbocycles. The molecule has 9 aromatic rings. The second-order valence-corrected chi connectivity index (χ2v) is 34.9. The Balaban J connectivity index is 0.000000197. The lowest BCUT2D eigenvalue weighted by atomic mass is 9.95. The Hall–Kier alpha value is -9.87. The minimum absolute atomic E-state index is 0.00533. The highest BCUT2D eigenvalue weighted by Crippen LogP contribution is 2.55. The summed E-state index contributed by atoms with van der Waals surface area (Å²) in [6, 6.07) is 26.8. The van der Waals surface area contributed by atoms with E-state index in [2.05, 4.69) is 29.9 Å². The molecule has 0 bridgehead atoms. The number of H-pyrrole nitrogens is 3. The molecule has 18 atom stereocenters. The molecule has 3 aliphatic heterocycles. The second-order valence-electron chi connectivity index (χ2n) is 29.1. The third-order valence-electron chi connectivity index (χ3n) is 18.3. The molecule has 12 rings (SSSR count). The lowest BCUT2D eigenvalue weighted by Crippen LogP contribution is -2.49. The van der Waals surface area contributed by atoms with E-state index in [1.54, 1.807) is 96.1 Å². The van der Waals surface area contributed by atoms with E-state index in [1.807, 2.05) is 0 Å². The van der Waals surface area contributed by atoms with E-state index in [1.165, 1.54) is 94.0 Å². The fraction of sp³-hybridized carbons (Fsp3) is 0.480. The predicted molar refractivity (Wildman–Crippen MR) is 424 cm³/mol. The molecule has 0 radical (unpaired) electrons. The summed E-state index contributed by atoms with van der Waals surface area (Å²) in [6.07, 6.45) is -18.5.